The first-order valence-electron chi connectivity index (χ1n) is 5.75. The molecule has 0 saturated heterocycles. The number of anilines is 1. The van der Waals surface area contributed by atoms with Crippen molar-refractivity contribution in [2.45, 2.75) is 18.7 Å². The van der Waals surface area contributed by atoms with Crippen molar-refractivity contribution in [1.29, 1.82) is 0 Å². The first-order valence-corrected chi connectivity index (χ1v) is 7.23. The van der Waals surface area contributed by atoms with Crippen LogP contribution in [0.3, 0.4) is 0 Å². The molecule has 1 N–H and O–H groups in total. The van der Waals surface area contributed by atoms with Crippen molar-refractivity contribution in [3.8, 4) is 0 Å². The molecule has 100 valence electrons. The Bertz CT molecular complexity index is 711. The summed E-state index contributed by atoms with van der Waals surface area (Å²) < 4.78 is 40.0. The average Bonchev–Trinajstić information content (AvgIpc) is 2.33. The average molecular weight is 279 g/mol. The van der Waals surface area contributed by atoms with Gasteiger partial charge in [0.2, 0.25) is 0 Å². The molecule has 3 nitrogen and oxygen atoms in total. The molecule has 2 rings (SSSR count). The van der Waals surface area contributed by atoms with Gasteiger partial charge in [-0.25, -0.2) is 12.8 Å². The molecule has 0 unspecified atom stereocenters. The van der Waals surface area contributed by atoms with Gasteiger partial charge in [0, 0.05) is 0 Å². The topological polar surface area (TPSA) is 46.2 Å². The van der Waals surface area contributed by atoms with Gasteiger partial charge in [-0.15, -0.1) is 0 Å². The fraction of sp³-hybridized carbons (Fsp3) is 0.143. The molecule has 0 aliphatic carbocycles. The summed E-state index contributed by atoms with van der Waals surface area (Å²) in [5.41, 5.74) is 1.58. The van der Waals surface area contributed by atoms with E-state index in [1.165, 1.54) is 24.3 Å². The second-order valence-corrected chi connectivity index (χ2v) is 5.98. The maximum atomic E-state index is 13.0. The van der Waals surface area contributed by atoms with Crippen LogP contribution in [-0.2, 0) is 10.0 Å². The molecular formula is C14H14FNO2S. The maximum absolute atomic E-state index is 13.0. The summed E-state index contributed by atoms with van der Waals surface area (Å²) in [5.74, 6) is -0.392. The lowest BCUT2D eigenvalue weighted by molar-refractivity contribution is 0.600. The van der Waals surface area contributed by atoms with E-state index in [0.717, 1.165) is 0 Å². The number of nitrogens with one attached hydrogen (secondary N) is 1. The van der Waals surface area contributed by atoms with E-state index in [0.29, 0.717) is 16.8 Å². The number of sulfonamides is 1. The molecule has 0 heterocycles. The first kappa shape index (κ1) is 13.5. The van der Waals surface area contributed by atoms with Gasteiger partial charge in [-0.1, -0.05) is 18.2 Å². The normalized spacial score (nSPS) is 11.3. The van der Waals surface area contributed by atoms with Crippen LogP contribution in [0.4, 0.5) is 10.1 Å². The number of hydrogen-bond acceptors (Lipinski definition) is 2. The van der Waals surface area contributed by atoms with E-state index >= 15 is 0 Å². The van der Waals surface area contributed by atoms with E-state index in [4.69, 9.17) is 0 Å². The van der Waals surface area contributed by atoms with Crippen molar-refractivity contribution < 1.29 is 12.8 Å². The summed E-state index contributed by atoms with van der Waals surface area (Å²) >= 11 is 0. The molecule has 19 heavy (non-hydrogen) atoms. The minimum absolute atomic E-state index is 0.221. The Balaban J connectivity index is 2.40. The highest BCUT2D eigenvalue weighted by Crippen LogP contribution is 2.22. The zero-order valence-electron chi connectivity index (χ0n) is 10.6. The molecule has 0 fully saturated rings. The van der Waals surface area contributed by atoms with Crippen LogP contribution in [0.25, 0.3) is 0 Å². The Hall–Kier alpha value is -1.88. The molecule has 2 aromatic carbocycles. The number of rotatable bonds is 3. The van der Waals surface area contributed by atoms with Crippen LogP contribution in [-0.4, -0.2) is 8.42 Å². The summed E-state index contributed by atoms with van der Waals surface area (Å²) in [4.78, 5) is 0.221. The highest BCUT2D eigenvalue weighted by atomic mass is 32.2. The molecule has 0 spiro atoms. The van der Waals surface area contributed by atoms with Gasteiger partial charge in [-0.2, -0.15) is 0 Å². The third kappa shape index (κ3) is 2.93. The quantitative estimate of drug-likeness (QED) is 0.937. The van der Waals surface area contributed by atoms with Crippen LogP contribution >= 0.6 is 0 Å². The zero-order chi connectivity index (χ0) is 14.0. The van der Waals surface area contributed by atoms with Gasteiger partial charge in [0.1, 0.15) is 5.82 Å². The molecule has 0 aliphatic heterocycles. The Labute approximate surface area is 112 Å². The molecule has 5 heteroatoms. The standard InChI is InChI=1S/C14H14FNO2S/c1-10-5-3-4-6-14(10)19(17,18)16-13-8-7-12(15)9-11(13)2/h3-9,16H,1-2H3. The van der Waals surface area contributed by atoms with Crippen molar-refractivity contribution in [3.05, 3.63) is 59.4 Å². The molecule has 0 amide bonds. The van der Waals surface area contributed by atoms with Gasteiger partial charge >= 0.3 is 0 Å². The van der Waals surface area contributed by atoms with Gasteiger partial charge in [-0.05, 0) is 49.2 Å². The lowest BCUT2D eigenvalue weighted by Gasteiger charge is -2.12. The van der Waals surface area contributed by atoms with Crippen molar-refractivity contribution >= 4 is 15.7 Å². The predicted molar refractivity (Wildman–Crippen MR) is 73.1 cm³/mol. The maximum Gasteiger partial charge on any atom is 0.262 e. The highest BCUT2D eigenvalue weighted by Gasteiger charge is 2.17. The van der Waals surface area contributed by atoms with Crippen molar-refractivity contribution in [2.24, 2.45) is 0 Å². The van der Waals surface area contributed by atoms with E-state index in [2.05, 4.69) is 4.72 Å². The molecule has 0 aromatic heterocycles. The highest BCUT2D eigenvalue weighted by molar-refractivity contribution is 7.92. The second-order valence-electron chi connectivity index (χ2n) is 4.33. The second kappa shape index (κ2) is 5.01. The fourth-order valence-corrected chi connectivity index (χ4v) is 3.18. The largest absolute Gasteiger partial charge is 0.279 e. The van der Waals surface area contributed by atoms with E-state index < -0.39 is 15.8 Å². The molecular weight excluding hydrogens is 265 g/mol. The Morgan fingerprint density at radius 1 is 1.00 bits per heavy atom. The minimum Gasteiger partial charge on any atom is -0.279 e. The van der Waals surface area contributed by atoms with Crippen LogP contribution in [0.5, 0.6) is 0 Å². The lowest BCUT2D eigenvalue weighted by Crippen LogP contribution is -2.15. The van der Waals surface area contributed by atoms with E-state index in [9.17, 15) is 12.8 Å². The molecule has 0 atom stereocenters. The Morgan fingerprint density at radius 2 is 1.68 bits per heavy atom. The van der Waals surface area contributed by atoms with Crippen molar-refractivity contribution in [2.75, 3.05) is 4.72 Å². The number of halogens is 1. The lowest BCUT2D eigenvalue weighted by atomic mass is 10.2. The molecule has 0 radical (unpaired) electrons. The molecule has 0 bridgehead atoms. The van der Waals surface area contributed by atoms with E-state index in [1.807, 2.05) is 0 Å². The van der Waals surface area contributed by atoms with Crippen molar-refractivity contribution in [1.82, 2.24) is 0 Å². The first-order chi connectivity index (χ1) is 8.90. The summed E-state index contributed by atoms with van der Waals surface area (Å²) in [7, 11) is -3.65. The third-order valence-corrected chi connectivity index (χ3v) is 4.34. The number of benzene rings is 2. The van der Waals surface area contributed by atoms with E-state index in [1.54, 1.807) is 32.0 Å². The molecule has 0 saturated carbocycles. The molecule has 0 aliphatic rings. The van der Waals surface area contributed by atoms with Gasteiger partial charge < -0.3 is 0 Å². The van der Waals surface area contributed by atoms with Crippen LogP contribution < -0.4 is 4.72 Å². The summed E-state index contributed by atoms with van der Waals surface area (Å²) in [5, 5.41) is 0. The molecule has 2 aromatic rings. The van der Waals surface area contributed by atoms with Gasteiger partial charge in [0.15, 0.2) is 0 Å². The van der Waals surface area contributed by atoms with Crippen LogP contribution in [0.15, 0.2) is 47.4 Å². The van der Waals surface area contributed by atoms with Gasteiger partial charge in [0.25, 0.3) is 10.0 Å². The third-order valence-electron chi connectivity index (χ3n) is 2.82. The van der Waals surface area contributed by atoms with Crippen LogP contribution in [0.1, 0.15) is 11.1 Å². The summed E-state index contributed by atoms with van der Waals surface area (Å²) in [6.07, 6.45) is 0. The van der Waals surface area contributed by atoms with Crippen LogP contribution in [0.2, 0.25) is 0 Å². The van der Waals surface area contributed by atoms with E-state index in [-0.39, 0.29) is 4.90 Å². The summed E-state index contributed by atoms with van der Waals surface area (Å²) in [6.45, 7) is 3.38. The SMILES string of the molecule is Cc1cc(F)ccc1NS(=O)(=O)c1ccccc1C. The Kier molecular flexibility index (Phi) is 3.57. The monoisotopic (exact) mass is 279 g/mol. The fourth-order valence-electron chi connectivity index (χ4n) is 1.80. The number of aryl methyl sites for hydroxylation is 2. The van der Waals surface area contributed by atoms with Crippen LogP contribution in [0, 0.1) is 19.7 Å². The predicted octanol–water partition coefficient (Wildman–Crippen LogP) is 3.24. The summed E-state index contributed by atoms with van der Waals surface area (Å²) in [6, 6.07) is 10.6. The van der Waals surface area contributed by atoms with Crippen molar-refractivity contribution in [3.63, 3.8) is 0 Å². The smallest absolute Gasteiger partial charge is 0.262 e. The van der Waals surface area contributed by atoms with Gasteiger partial charge in [-0.3, -0.25) is 4.72 Å². The Morgan fingerprint density at radius 3 is 2.32 bits per heavy atom. The zero-order valence-corrected chi connectivity index (χ0v) is 11.5. The number of hydrogen-bond donors (Lipinski definition) is 1. The minimum atomic E-state index is -3.65. The van der Waals surface area contributed by atoms with Gasteiger partial charge in [0.05, 0.1) is 10.6 Å².